The number of halogens is 2. The van der Waals surface area contributed by atoms with Gasteiger partial charge in [-0.3, -0.25) is 4.98 Å². The molecule has 1 heterocycles. The third-order valence-electron chi connectivity index (χ3n) is 3.82. The number of pyridine rings is 1. The minimum absolute atomic E-state index is 0.367. The van der Waals surface area contributed by atoms with Crippen LogP contribution in [-0.4, -0.2) is 10.1 Å². The molecule has 0 bridgehead atoms. The first-order valence-electron chi connectivity index (χ1n) is 7.22. The second-order valence-electron chi connectivity index (χ2n) is 5.39. The molecular formula is C19H15Cl2NO. The molecule has 0 aliphatic carbocycles. The zero-order valence-corrected chi connectivity index (χ0v) is 13.8. The molecule has 1 N–H and O–H groups in total. The van der Waals surface area contributed by atoms with Gasteiger partial charge in [0.1, 0.15) is 5.60 Å². The highest BCUT2D eigenvalue weighted by Gasteiger charge is 2.33. The Bertz CT molecular complexity index is 790. The van der Waals surface area contributed by atoms with Gasteiger partial charge in [0.15, 0.2) is 0 Å². The van der Waals surface area contributed by atoms with E-state index in [1.807, 2.05) is 42.5 Å². The molecule has 23 heavy (non-hydrogen) atoms. The molecule has 0 spiro atoms. The maximum Gasteiger partial charge on any atom is 0.120 e. The van der Waals surface area contributed by atoms with Gasteiger partial charge in [-0.05, 0) is 35.4 Å². The van der Waals surface area contributed by atoms with Crippen LogP contribution < -0.4 is 0 Å². The molecule has 3 rings (SSSR count). The predicted molar refractivity (Wildman–Crippen MR) is 93.8 cm³/mol. The molecular weight excluding hydrogens is 329 g/mol. The van der Waals surface area contributed by atoms with E-state index in [-0.39, 0.29) is 0 Å². The summed E-state index contributed by atoms with van der Waals surface area (Å²) >= 11 is 12.3. The summed E-state index contributed by atoms with van der Waals surface area (Å²) in [5.74, 6) is 0. The molecule has 1 atom stereocenters. The lowest BCUT2D eigenvalue weighted by Gasteiger charge is -2.30. The highest BCUT2D eigenvalue weighted by atomic mass is 35.5. The zero-order chi connectivity index (χ0) is 16.3. The maximum atomic E-state index is 11.5. The van der Waals surface area contributed by atoms with Gasteiger partial charge in [-0.2, -0.15) is 0 Å². The van der Waals surface area contributed by atoms with E-state index in [0.717, 1.165) is 11.1 Å². The van der Waals surface area contributed by atoms with Gasteiger partial charge >= 0.3 is 0 Å². The third kappa shape index (κ3) is 3.40. The van der Waals surface area contributed by atoms with Crippen molar-refractivity contribution in [2.75, 3.05) is 0 Å². The van der Waals surface area contributed by atoms with Crippen LogP contribution in [0.3, 0.4) is 0 Å². The van der Waals surface area contributed by atoms with Crippen LogP contribution in [0.1, 0.15) is 16.7 Å². The summed E-state index contributed by atoms with van der Waals surface area (Å²) in [5, 5.41) is 12.7. The molecule has 1 unspecified atom stereocenters. The van der Waals surface area contributed by atoms with Crippen LogP contribution in [0.5, 0.6) is 0 Å². The van der Waals surface area contributed by atoms with Gasteiger partial charge in [-0.1, -0.05) is 59.6 Å². The first-order valence-corrected chi connectivity index (χ1v) is 7.97. The standard InChI is InChI=1S/C19H15Cl2NO/c20-16-9-7-15(8-10-16)19(23,12-14-4-3-11-22-13-14)17-5-1-2-6-18(17)21/h1-11,13,23H,12H2. The Kier molecular flexibility index (Phi) is 4.67. The van der Waals surface area contributed by atoms with Gasteiger partial charge in [0.25, 0.3) is 0 Å². The summed E-state index contributed by atoms with van der Waals surface area (Å²) in [6.45, 7) is 0. The fourth-order valence-electron chi connectivity index (χ4n) is 2.67. The number of nitrogens with zero attached hydrogens (tertiary/aromatic N) is 1. The van der Waals surface area contributed by atoms with Crippen molar-refractivity contribution in [1.29, 1.82) is 0 Å². The minimum atomic E-state index is -1.26. The Balaban J connectivity index is 2.13. The second-order valence-corrected chi connectivity index (χ2v) is 6.23. The average Bonchev–Trinajstić information content (AvgIpc) is 2.56. The van der Waals surface area contributed by atoms with E-state index < -0.39 is 5.60 Å². The number of hydrogen-bond acceptors (Lipinski definition) is 2. The van der Waals surface area contributed by atoms with Crippen LogP contribution in [0.25, 0.3) is 0 Å². The molecule has 2 nitrogen and oxygen atoms in total. The molecule has 116 valence electrons. The minimum Gasteiger partial charge on any atom is -0.380 e. The molecule has 4 heteroatoms. The van der Waals surface area contributed by atoms with Crippen molar-refractivity contribution in [3.8, 4) is 0 Å². The summed E-state index contributed by atoms with van der Waals surface area (Å²) in [5.41, 5.74) is 1.06. The van der Waals surface area contributed by atoms with Gasteiger partial charge in [0.2, 0.25) is 0 Å². The van der Waals surface area contributed by atoms with Crippen molar-refractivity contribution >= 4 is 23.2 Å². The Labute approximate surface area is 145 Å². The topological polar surface area (TPSA) is 33.1 Å². The van der Waals surface area contributed by atoms with Gasteiger partial charge < -0.3 is 5.11 Å². The Morgan fingerprint density at radius 3 is 2.30 bits per heavy atom. The highest BCUT2D eigenvalue weighted by molar-refractivity contribution is 6.31. The van der Waals surface area contributed by atoms with E-state index in [4.69, 9.17) is 23.2 Å². The fraction of sp³-hybridized carbons (Fsp3) is 0.105. The molecule has 1 aromatic heterocycles. The van der Waals surface area contributed by atoms with Gasteiger partial charge in [0, 0.05) is 34.4 Å². The lowest BCUT2D eigenvalue weighted by molar-refractivity contribution is 0.0811. The zero-order valence-electron chi connectivity index (χ0n) is 12.3. The molecule has 0 amide bonds. The van der Waals surface area contributed by atoms with Gasteiger partial charge in [-0.15, -0.1) is 0 Å². The van der Waals surface area contributed by atoms with E-state index in [1.54, 1.807) is 30.6 Å². The molecule has 0 radical (unpaired) electrons. The SMILES string of the molecule is OC(Cc1cccnc1)(c1ccc(Cl)cc1)c1ccccc1Cl. The number of hydrogen-bond donors (Lipinski definition) is 1. The molecule has 0 saturated heterocycles. The molecule has 0 saturated carbocycles. The Hall–Kier alpha value is -1.87. The van der Waals surface area contributed by atoms with Crippen LogP contribution in [0.15, 0.2) is 73.1 Å². The molecule has 3 aromatic rings. The Morgan fingerprint density at radius 2 is 1.65 bits per heavy atom. The van der Waals surface area contributed by atoms with Gasteiger partial charge in [-0.25, -0.2) is 0 Å². The first kappa shape index (κ1) is 16.0. The summed E-state index contributed by atoms with van der Waals surface area (Å²) in [6, 6.07) is 18.3. The number of rotatable bonds is 4. The van der Waals surface area contributed by atoms with Crippen molar-refractivity contribution in [3.63, 3.8) is 0 Å². The maximum absolute atomic E-state index is 11.5. The average molecular weight is 344 g/mol. The number of aromatic nitrogens is 1. The smallest absolute Gasteiger partial charge is 0.120 e. The van der Waals surface area contributed by atoms with Crippen molar-refractivity contribution in [2.45, 2.75) is 12.0 Å². The highest BCUT2D eigenvalue weighted by Crippen LogP contribution is 2.37. The monoisotopic (exact) mass is 343 g/mol. The van der Waals surface area contributed by atoms with E-state index in [1.165, 1.54) is 0 Å². The quantitative estimate of drug-likeness (QED) is 0.733. The van der Waals surface area contributed by atoms with Crippen LogP contribution >= 0.6 is 23.2 Å². The molecule has 0 aliphatic rings. The second kappa shape index (κ2) is 6.71. The van der Waals surface area contributed by atoms with Crippen LogP contribution in [-0.2, 0) is 12.0 Å². The number of aliphatic hydroxyl groups is 1. The van der Waals surface area contributed by atoms with E-state index in [2.05, 4.69) is 4.98 Å². The van der Waals surface area contributed by atoms with Crippen molar-refractivity contribution in [1.82, 2.24) is 4.98 Å². The first-order chi connectivity index (χ1) is 11.1. The molecule has 2 aromatic carbocycles. The Morgan fingerprint density at radius 1 is 0.913 bits per heavy atom. The summed E-state index contributed by atoms with van der Waals surface area (Å²) in [6.07, 6.45) is 3.82. The molecule has 0 fully saturated rings. The van der Waals surface area contributed by atoms with Crippen LogP contribution in [0, 0.1) is 0 Å². The van der Waals surface area contributed by atoms with Crippen LogP contribution in [0.2, 0.25) is 10.0 Å². The summed E-state index contributed by atoms with van der Waals surface area (Å²) in [7, 11) is 0. The van der Waals surface area contributed by atoms with Gasteiger partial charge in [0.05, 0.1) is 0 Å². The summed E-state index contributed by atoms with van der Waals surface area (Å²) < 4.78 is 0. The molecule has 0 aliphatic heterocycles. The predicted octanol–water partition coefficient (Wildman–Crippen LogP) is 4.87. The van der Waals surface area contributed by atoms with Crippen molar-refractivity contribution in [2.24, 2.45) is 0 Å². The van der Waals surface area contributed by atoms with E-state index in [9.17, 15) is 5.11 Å². The largest absolute Gasteiger partial charge is 0.380 e. The van der Waals surface area contributed by atoms with Crippen molar-refractivity contribution in [3.05, 3.63) is 99.8 Å². The van der Waals surface area contributed by atoms with E-state index in [0.29, 0.717) is 22.0 Å². The normalized spacial score (nSPS) is 13.5. The lowest BCUT2D eigenvalue weighted by Crippen LogP contribution is -2.30. The van der Waals surface area contributed by atoms with E-state index >= 15 is 0 Å². The fourth-order valence-corrected chi connectivity index (χ4v) is 3.09. The summed E-state index contributed by atoms with van der Waals surface area (Å²) in [4.78, 5) is 4.13. The lowest BCUT2D eigenvalue weighted by atomic mass is 9.81. The third-order valence-corrected chi connectivity index (χ3v) is 4.41. The number of benzene rings is 2. The van der Waals surface area contributed by atoms with Crippen LogP contribution in [0.4, 0.5) is 0 Å². The van der Waals surface area contributed by atoms with Crippen molar-refractivity contribution < 1.29 is 5.11 Å².